The van der Waals surface area contributed by atoms with Crippen LogP contribution < -0.4 is 0 Å². The van der Waals surface area contributed by atoms with Gasteiger partial charge in [0.15, 0.2) is 0 Å². The van der Waals surface area contributed by atoms with E-state index in [0.717, 1.165) is 13.1 Å². The molecule has 4 rings (SSSR count). The van der Waals surface area contributed by atoms with Gasteiger partial charge in [-0.3, -0.25) is 9.36 Å². The van der Waals surface area contributed by atoms with Crippen LogP contribution >= 0.6 is 0 Å². The normalized spacial score (nSPS) is 23.0. The van der Waals surface area contributed by atoms with E-state index in [1.165, 1.54) is 19.3 Å². The largest absolute Gasteiger partial charge is 0.443 e. The number of fused-ring (bicyclic) bond motifs is 1. The molecule has 118 valence electrons. The molecule has 1 amide bonds. The van der Waals surface area contributed by atoms with Crippen molar-refractivity contribution < 1.29 is 9.21 Å². The fraction of sp³-hybridized carbons (Fsp3) is 0.444. The molecule has 0 N–H and O–H groups in total. The van der Waals surface area contributed by atoms with Gasteiger partial charge in [0.1, 0.15) is 23.0 Å². The third-order valence-electron chi connectivity index (χ3n) is 5.24. The van der Waals surface area contributed by atoms with Crippen molar-refractivity contribution in [2.24, 2.45) is 11.8 Å². The van der Waals surface area contributed by atoms with Gasteiger partial charge in [0, 0.05) is 25.5 Å². The van der Waals surface area contributed by atoms with Crippen molar-refractivity contribution in [3.8, 4) is 12.0 Å². The Morgan fingerprint density at radius 3 is 2.52 bits per heavy atom. The third-order valence-corrected chi connectivity index (χ3v) is 5.24. The first kappa shape index (κ1) is 14.1. The Balaban J connectivity index is 1.69. The lowest BCUT2D eigenvalue weighted by Crippen LogP contribution is -2.30. The minimum atomic E-state index is -0.0596. The number of aromatic nitrogens is 1. The number of furan rings is 1. The van der Waals surface area contributed by atoms with Crippen LogP contribution in [0.1, 0.15) is 40.9 Å². The molecule has 5 heteroatoms. The van der Waals surface area contributed by atoms with Crippen molar-refractivity contribution in [3.05, 3.63) is 41.4 Å². The molecule has 2 aliphatic rings. The second kappa shape index (κ2) is 5.31. The van der Waals surface area contributed by atoms with Crippen LogP contribution in [0.25, 0.3) is 5.88 Å². The van der Waals surface area contributed by atoms with Crippen molar-refractivity contribution >= 4 is 5.91 Å². The molecule has 1 saturated heterocycles. The fourth-order valence-electron chi connectivity index (χ4n) is 4.10. The SMILES string of the molecule is Cc1oc(-n2cccc2)c(C#N)c1C(=O)N1CC2CCCC2C1. The summed E-state index contributed by atoms with van der Waals surface area (Å²) in [6, 6.07) is 5.89. The summed E-state index contributed by atoms with van der Waals surface area (Å²) in [5.41, 5.74) is 0.761. The van der Waals surface area contributed by atoms with Crippen LogP contribution in [-0.2, 0) is 0 Å². The summed E-state index contributed by atoms with van der Waals surface area (Å²) in [6.07, 6.45) is 7.35. The topological polar surface area (TPSA) is 62.2 Å². The average Bonchev–Trinajstić information content (AvgIpc) is 3.28. The molecule has 2 fully saturated rings. The molecule has 5 nitrogen and oxygen atoms in total. The molecule has 1 aliphatic heterocycles. The van der Waals surface area contributed by atoms with Gasteiger partial charge < -0.3 is 9.32 Å². The first-order valence-electron chi connectivity index (χ1n) is 8.15. The Morgan fingerprint density at radius 1 is 1.26 bits per heavy atom. The standard InChI is InChI=1S/C18H19N3O2/c1-12-16(15(9-19)18(23-12)20-7-2-3-8-20)17(22)21-10-13-5-4-6-14(13)11-21/h2-3,7-8,13-14H,4-6,10-11H2,1H3. The summed E-state index contributed by atoms with van der Waals surface area (Å²) in [5, 5.41) is 9.57. The zero-order valence-electron chi connectivity index (χ0n) is 13.2. The molecule has 0 radical (unpaired) electrons. The quantitative estimate of drug-likeness (QED) is 0.856. The van der Waals surface area contributed by atoms with E-state index in [0.29, 0.717) is 34.6 Å². The van der Waals surface area contributed by atoms with Crippen LogP contribution in [0, 0.1) is 30.1 Å². The second-order valence-corrected chi connectivity index (χ2v) is 6.58. The molecule has 2 aromatic heterocycles. The number of nitriles is 1. The smallest absolute Gasteiger partial charge is 0.258 e. The minimum absolute atomic E-state index is 0.0596. The molecule has 2 unspecified atom stereocenters. The zero-order valence-corrected chi connectivity index (χ0v) is 13.2. The van der Waals surface area contributed by atoms with Crippen molar-refractivity contribution in [2.75, 3.05) is 13.1 Å². The maximum atomic E-state index is 13.0. The monoisotopic (exact) mass is 309 g/mol. The third kappa shape index (κ3) is 2.17. The minimum Gasteiger partial charge on any atom is -0.443 e. The lowest BCUT2D eigenvalue weighted by atomic mass is 10.0. The maximum Gasteiger partial charge on any atom is 0.258 e. The summed E-state index contributed by atoms with van der Waals surface area (Å²) in [5.74, 6) is 2.17. The number of nitrogens with zero attached hydrogens (tertiary/aromatic N) is 3. The highest BCUT2D eigenvalue weighted by Crippen LogP contribution is 2.39. The Morgan fingerprint density at radius 2 is 1.91 bits per heavy atom. The Kier molecular flexibility index (Phi) is 3.26. The van der Waals surface area contributed by atoms with Crippen LogP contribution in [0.4, 0.5) is 0 Å². The van der Waals surface area contributed by atoms with Crippen molar-refractivity contribution in [1.29, 1.82) is 5.26 Å². The molecule has 23 heavy (non-hydrogen) atoms. The van der Waals surface area contributed by atoms with Gasteiger partial charge in [-0.15, -0.1) is 0 Å². The van der Waals surface area contributed by atoms with Gasteiger partial charge in [0.2, 0.25) is 5.88 Å². The number of carbonyl (C=O) groups excluding carboxylic acids is 1. The Hall–Kier alpha value is -2.48. The predicted octanol–water partition coefficient (Wildman–Crippen LogP) is 3.12. The molecular weight excluding hydrogens is 290 g/mol. The van der Waals surface area contributed by atoms with Crippen LogP contribution in [0.3, 0.4) is 0 Å². The molecule has 2 aromatic rings. The van der Waals surface area contributed by atoms with Gasteiger partial charge in [-0.25, -0.2) is 0 Å². The van der Waals surface area contributed by atoms with Gasteiger partial charge in [-0.1, -0.05) is 6.42 Å². The zero-order chi connectivity index (χ0) is 16.0. The van der Waals surface area contributed by atoms with Gasteiger partial charge in [0.05, 0.1) is 0 Å². The first-order chi connectivity index (χ1) is 11.2. The Bertz CT molecular complexity index is 770. The van der Waals surface area contributed by atoms with Gasteiger partial charge in [0.25, 0.3) is 5.91 Å². The summed E-state index contributed by atoms with van der Waals surface area (Å²) in [4.78, 5) is 14.9. The first-order valence-corrected chi connectivity index (χ1v) is 8.15. The van der Waals surface area contributed by atoms with E-state index in [4.69, 9.17) is 4.42 Å². The lowest BCUT2D eigenvalue weighted by molar-refractivity contribution is 0.0778. The van der Waals surface area contributed by atoms with E-state index < -0.39 is 0 Å². The van der Waals surface area contributed by atoms with Crippen molar-refractivity contribution in [3.63, 3.8) is 0 Å². The molecule has 2 atom stereocenters. The molecule has 0 aromatic carbocycles. The second-order valence-electron chi connectivity index (χ2n) is 6.58. The molecule has 1 saturated carbocycles. The number of aryl methyl sites for hydroxylation is 1. The maximum absolute atomic E-state index is 13.0. The number of hydrogen-bond acceptors (Lipinski definition) is 3. The van der Waals surface area contributed by atoms with E-state index in [9.17, 15) is 10.1 Å². The van der Waals surface area contributed by atoms with Crippen LogP contribution in [0.2, 0.25) is 0 Å². The summed E-state index contributed by atoms with van der Waals surface area (Å²) in [7, 11) is 0. The van der Waals surface area contributed by atoms with E-state index in [-0.39, 0.29) is 5.91 Å². The highest BCUT2D eigenvalue weighted by molar-refractivity contribution is 5.98. The van der Waals surface area contributed by atoms with Crippen LogP contribution in [0.5, 0.6) is 0 Å². The average molecular weight is 309 g/mol. The highest BCUT2D eigenvalue weighted by atomic mass is 16.4. The number of carbonyl (C=O) groups is 1. The molecule has 0 spiro atoms. The summed E-state index contributed by atoms with van der Waals surface area (Å²) in [6.45, 7) is 3.40. The summed E-state index contributed by atoms with van der Waals surface area (Å²) < 4.78 is 7.49. The van der Waals surface area contributed by atoms with Crippen molar-refractivity contribution in [2.45, 2.75) is 26.2 Å². The predicted molar refractivity (Wildman–Crippen MR) is 84.2 cm³/mol. The van der Waals surface area contributed by atoms with Gasteiger partial charge in [-0.2, -0.15) is 5.26 Å². The Labute approximate surface area is 135 Å². The molecular formula is C18H19N3O2. The van der Waals surface area contributed by atoms with E-state index in [2.05, 4.69) is 6.07 Å². The van der Waals surface area contributed by atoms with Gasteiger partial charge >= 0.3 is 0 Å². The van der Waals surface area contributed by atoms with E-state index in [1.54, 1.807) is 11.5 Å². The lowest BCUT2D eigenvalue weighted by Gasteiger charge is -2.17. The number of amides is 1. The summed E-state index contributed by atoms with van der Waals surface area (Å²) >= 11 is 0. The van der Waals surface area contributed by atoms with Crippen LogP contribution in [0.15, 0.2) is 28.9 Å². The molecule has 0 bridgehead atoms. The number of likely N-dealkylation sites (tertiary alicyclic amines) is 1. The molecule has 3 heterocycles. The van der Waals surface area contributed by atoms with E-state index >= 15 is 0 Å². The van der Waals surface area contributed by atoms with E-state index in [1.807, 2.05) is 29.4 Å². The van der Waals surface area contributed by atoms with Crippen molar-refractivity contribution in [1.82, 2.24) is 9.47 Å². The number of hydrogen-bond donors (Lipinski definition) is 0. The van der Waals surface area contributed by atoms with Crippen LogP contribution in [-0.4, -0.2) is 28.5 Å². The van der Waals surface area contributed by atoms with Gasteiger partial charge in [-0.05, 0) is 43.7 Å². The number of rotatable bonds is 2. The fourth-order valence-corrected chi connectivity index (χ4v) is 4.10. The highest BCUT2D eigenvalue weighted by Gasteiger charge is 2.40. The molecule has 1 aliphatic carbocycles.